The van der Waals surface area contributed by atoms with Crippen molar-refractivity contribution in [3.63, 3.8) is 0 Å². The van der Waals surface area contributed by atoms with Crippen LogP contribution in [0.3, 0.4) is 0 Å². The highest BCUT2D eigenvalue weighted by atomic mass is 16.5. The van der Waals surface area contributed by atoms with Crippen molar-refractivity contribution in [2.45, 2.75) is 39.5 Å². The summed E-state index contributed by atoms with van der Waals surface area (Å²) in [4.78, 5) is 23.5. The molecule has 5 nitrogen and oxygen atoms in total. The molecule has 0 aromatic heterocycles. The van der Waals surface area contributed by atoms with Crippen LogP contribution in [0.15, 0.2) is 18.2 Å². The first-order valence-corrected chi connectivity index (χ1v) is 8.60. The number of ether oxygens (including phenoxy) is 1. The molecular formula is C19H27NO4. The van der Waals surface area contributed by atoms with E-state index >= 15 is 0 Å². The van der Waals surface area contributed by atoms with Crippen LogP contribution in [-0.2, 0) is 20.7 Å². The minimum Gasteiger partial charge on any atom is -0.481 e. The fourth-order valence-corrected chi connectivity index (χ4v) is 3.36. The number of carbonyl (C=O) groups excluding carboxylic acids is 1. The Balaban J connectivity index is 1.81. The first-order chi connectivity index (χ1) is 11.5. The predicted octanol–water partition coefficient (Wildman–Crippen LogP) is 2.48. The Hall–Kier alpha value is -1.88. The van der Waals surface area contributed by atoms with Gasteiger partial charge >= 0.3 is 5.97 Å². The van der Waals surface area contributed by atoms with Crippen molar-refractivity contribution in [1.29, 1.82) is 0 Å². The van der Waals surface area contributed by atoms with Crippen molar-refractivity contribution >= 4 is 11.9 Å². The van der Waals surface area contributed by atoms with Crippen LogP contribution in [0.2, 0.25) is 0 Å². The Bertz CT molecular complexity index is 558. The molecule has 1 atom stereocenters. The van der Waals surface area contributed by atoms with E-state index in [9.17, 15) is 14.7 Å². The number of amides is 1. The van der Waals surface area contributed by atoms with Gasteiger partial charge in [0, 0.05) is 26.2 Å². The van der Waals surface area contributed by atoms with Crippen molar-refractivity contribution < 1.29 is 19.4 Å². The molecule has 0 bridgehead atoms. The summed E-state index contributed by atoms with van der Waals surface area (Å²) >= 11 is 0. The van der Waals surface area contributed by atoms with E-state index in [2.05, 4.69) is 23.5 Å². The Kier molecular flexibility index (Phi) is 6.79. The molecule has 1 saturated heterocycles. The summed E-state index contributed by atoms with van der Waals surface area (Å²) in [6.45, 7) is 5.50. The molecule has 1 unspecified atom stereocenters. The topological polar surface area (TPSA) is 75.6 Å². The van der Waals surface area contributed by atoms with Gasteiger partial charge in [0.2, 0.25) is 5.91 Å². The molecule has 1 fully saturated rings. The van der Waals surface area contributed by atoms with Crippen molar-refractivity contribution in [3.8, 4) is 0 Å². The Labute approximate surface area is 143 Å². The molecule has 2 rings (SSSR count). The Morgan fingerprint density at radius 2 is 1.83 bits per heavy atom. The van der Waals surface area contributed by atoms with Gasteiger partial charge in [-0.1, -0.05) is 29.3 Å². The van der Waals surface area contributed by atoms with Crippen molar-refractivity contribution in [2.24, 2.45) is 11.8 Å². The van der Waals surface area contributed by atoms with Gasteiger partial charge in [-0.25, -0.2) is 0 Å². The molecule has 5 heteroatoms. The molecule has 1 aliphatic rings. The molecule has 1 aromatic rings. The third-order valence-electron chi connectivity index (χ3n) is 4.59. The molecule has 1 heterocycles. The van der Waals surface area contributed by atoms with E-state index in [0.29, 0.717) is 26.1 Å². The maximum absolute atomic E-state index is 12.1. The molecule has 0 aliphatic carbocycles. The SMILES string of the molecule is Cc1cc(C)cc(CCC(=O)NCC(C(=O)O)C2CCOCC2)c1. The second-order valence-electron chi connectivity index (χ2n) is 6.69. The second kappa shape index (κ2) is 8.83. The van der Waals surface area contributed by atoms with E-state index in [1.54, 1.807) is 0 Å². The van der Waals surface area contributed by atoms with Gasteiger partial charge in [-0.05, 0) is 44.6 Å². The van der Waals surface area contributed by atoms with Gasteiger partial charge in [0.1, 0.15) is 0 Å². The summed E-state index contributed by atoms with van der Waals surface area (Å²) in [5.41, 5.74) is 3.52. The number of carbonyl (C=O) groups is 2. The van der Waals surface area contributed by atoms with E-state index in [1.807, 2.05) is 13.8 Å². The smallest absolute Gasteiger partial charge is 0.308 e. The van der Waals surface area contributed by atoms with Crippen LogP contribution >= 0.6 is 0 Å². The maximum atomic E-state index is 12.1. The lowest BCUT2D eigenvalue weighted by molar-refractivity contribution is -0.144. The first-order valence-electron chi connectivity index (χ1n) is 8.60. The first kappa shape index (κ1) is 18.5. The quantitative estimate of drug-likeness (QED) is 0.804. The Morgan fingerprint density at radius 3 is 2.42 bits per heavy atom. The number of aryl methyl sites for hydroxylation is 3. The second-order valence-corrected chi connectivity index (χ2v) is 6.69. The van der Waals surface area contributed by atoms with Gasteiger partial charge in [0.15, 0.2) is 0 Å². The van der Waals surface area contributed by atoms with Crippen molar-refractivity contribution in [2.75, 3.05) is 19.8 Å². The number of carboxylic acid groups (broad SMARTS) is 1. The number of hydrogen-bond acceptors (Lipinski definition) is 3. The molecule has 1 aliphatic heterocycles. The van der Waals surface area contributed by atoms with Gasteiger partial charge in [-0.2, -0.15) is 0 Å². The van der Waals surface area contributed by atoms with Crippen molar-refractivity contribution in [1.82, 2.24) is 5.32 Å². The van der Waals surface area contributed by atoms with Crippen molar-refractivity contribution in [3.05, 3.63) is 34.9 Å². The molecule has 1 aromatic carbocycles. The van der Waals surface area contributed by atoms with E-state index in [1.165, 1.54) is 11.1 Å². The highest BCUT2D eigenvalue weighted by Gasteiger charge is 2.29. The minimum atomic E-state index is -0.837. The van der Waals surface area contributed by atoms with E-state index in [0.717, 1.165) is 18.4 Å². The molecule has 24 heavy (non-hydrogen) atoms. The molecule has 1 amide bonds. The summed E-state index contributed by atoms with van der Waals surface area (Å²) in [5.74, 6) is -1.38. The van der Waals surface area contributed by atoms with Gasteiger partial charge in [-0.15, -0.1) is 0 Å². The number of benzene rings is 1. The third kappa shape index (κ3) is 5.64. The molecule has 2 N–H and O–H groups in total. The molecular weight excluding hydrogens is 306 g/mol. The fourth-order valence-electron chi connectivity index (χ4n) is 3.36. The van der Waals surface area contributed by atoms with E-state index in [-0.39, 0.29) is 18.4 Å². The monoisotopic (exact) mass is 333 g/mol. The van der Waals surface area contributed by atoms with Gasteiger partial charge in [-0.3, -0.25) is 9.59 Å². The number of hydrogen-bond donors (Lipinski definition) is 2. The largest absolute Gasteiger partial charge is 0.481 e. The number of rotatable bonds is 7. The average Bonchev–Trinajstić information content (AvgIpc) is 2.53. The lowest BCUT2D eigenvalue weighted by Crippen LogP contribution is -2.39. The van der Waals surface area contributed by atoms with Crippen LogP contribution < -0.4 is 5.32 Å². The van der Waals surface area contributed by atoms with E-state index < -0.39 is 11.9 Å². The van der Waals surface area contributed by atoms with Crippen LogP contribution in [0.1, 0.15) is 36.0 Å². The fraction of sp³-hybridized carbons (Fsp3) is 0.579. The summed E-state index contributed by atoms with van der Waals surface area (Å²) < 4.78 is 5.28. The zero-order valence-electron chi connectivity index (χ0n) is 14.5. The summed E-state index contributed by atoms with van der Waals surface area (Å²) in [7, 11) is 0. The van der Waals surface area contributed by atoms with Crippen LogP contribution in [0, 0.1) is 25.7 Å². The van der Waals surface area contributed by atoms with E-state index in [4.69, 9.17) is 4.74 Å². The highest BCUT2D eigenvalue weighted by Crippen LogP contribution is 2.23. The van der Waals surface area contributed by atoms with Crippen LogP contribution in [0.4, 0.5) is 0 Å². The molecule has 0 saturated carbocycles. The van der Waals surface area contributed by atoms with Crippen LogP contribution in [0.5, 0.6) is 0 Å². The summed E-state index contributed by atoms with van der Waals surface area (Å²) in [5, 5.41) is 12.2. The standard InChI is InChI=1S/C19H27NO4/c1-13-9-14(2)11-15(10-13)3-4-18(21)20-12-17(19(22)23)16-5-7-24-8-6-16/h9-11,16-17H,3-8,12H2,1-2H3,(H,20,21)(H,22,23). The zero-order valence-corrected chi connectivity index (χ0v) is 14.5. The predicted molar refractivity (Wildman–Crippen MR) is 91.9 cm³/mol. The van der Waals surface area contributed by atoms with Crippen LogP contribution in [0.25, 0.3) is 0 Å². The Morgan fingerprint density at radius 1 is 1.21 bits per heavy atom. The van der Waals surface area contributed by atoms with Crippen LogP contribution in [-0.4, -0.2) is 36.7 Å². The van der Waals surface area contributed by atoms with Gasteiger partial charge < -0.3 is 15.2 Å². The minimum absolute atomic E-state index is 0.0796. The summed E-state index contributed by atoms with van der Waals surface area (Å²) in [6.07, 6.45) is 2.54. The summed E-state index contributed by atoms with van der Waals surface area (Å²) in [6, 6.07) is 6.28. The maximum Gasteiger partial charge on any atom is 0.308 e. The van der Waals surface area contributed by atoms with Gasteiger partial charge in [0.05, 0.1) is 5.92 Å². The average molecular weight is 333 g/mol. The molecule has 0 spiro atoms. The molecule has 0 radical (unpaired) electrons. The zero-order chi connectivity index (χ0) is 17.5. The third-order valence-corrected chi connectivity index (χ3v) is 4.59. The highest BCUT2D eigenvalue weighted by molar-refractivity contribution is 5.77. The van der Waals surface area contributed by atoms with Gasteiger partial charge in [0.25, 0.3) is 0 Å². The number of nitrogens with one attached hydrogen (secondary N) is 1. The number of aliphatic carboxylic acids is 1. The molecule has 132 valence electrons. The lowest BCUT2D eigenvalue weighted by atomic mass is 9.86. The number of carboxylic acids is 1. The lowest BCUT2D eigenvalue weighted by Gasteiger charge is -2.27. The normalized spacial score (nSPS) is 16.6.